The Morgan fingerprint density at radius 3 is 1.75 bits per heavy atom. The van der Waals surface area contributed by atoms with Crippen LogP contribution in [0.25, 0.3) is 0 Å². The largest absolute Gasteiger partial charge is 0.311 e. The molecule has 0 aliphatic heterocycles. The van der Waals surface area contributed by atoms with Crippen LogP contribution in [0.2, 0.25) is 0 Å². The Kier molecular flexibility index (Phi) is 2.30. The van der Waals surface area contributed by atoms with Gasteiger partial charge in [-0.3, -0.25) is 0 Å². The SMILES string of the molecule is CC(=N)C(=N)C(N)N. The smallest absolute Gasteiger partial charge is 0.0971 e. The summed E-state index contributed by atoms with van der Waals surface area (Å²) in [5.74, 6) is 0. The van der Waals surface area contributed by atoms with Gasteiger partial charge in [-0.05, 0) is 6.92 Å². The van der Waals surface area contributed by atoms with Crippen molar-refractivity contribution in [2.45, 2.75) is 13.1 Å². The summed E-state index contributed by atoms with van der Waals surface area (Å²) in [6.45, 7) is 1.48. The number of hydrogen-bond donors (Lipinski definition) is 4. The third-order valence-electron chi connectivity index (χ3n) is 0.737. The van der Waals surface area contributed by atoms with E-state index in [-0.39, 0.29) is 11.4 Å². The highest BCUT2D eigenvalue weighted by atomic mass is 14.9. The molecular formula is C4H10N4. The molecule has 4 nitrogen and oxygen atoms in total. The van der Waals surface area contributed by atoms with E-state index in [2.05, 4.69) is 0 Å². The van der Waals surface area contributed by atoms with E-state index in [0.29, 0.717) is 0 Å². The first kappa shape index (κ1) is 7.26. The molecule has 0 aromatic heterocycles. The number of hydrogen-bond acceptors (Lipinski definition) is 4. The fraction of sp³-hybridized carbons (Fsp3) is 0.500. The number of rotatable bonds is 2. The maximum absolute atomic E-state index is 6.92. The van der Waals surface area contributed by atoms with Gasteiger partial charge in [0.25, 0.3) is 0 Å². The van der Waals surface area contributed by atoms with Crippen LogP contribution >= 0.6 is 0 Å². The van der Waals surface area contributed by atoms with Crippen molar-refractivity contribution in [3.63, 3.8) is 0 Å². The van der Waals surface area contributed by atoms with Gasteiger partial charge in [0.05, 0.1) is 17.6 Å². The van der Waals surface area contributed by atoms with Crippen LogP contribution in [0.5, 0.6) is 0 Å². The summed E-state index contributed by atoms with van der Waals surface area (Å²) in [7, 11) is 0. The Morgan fingerprint density at radius 1 is 1.38 bits per heavy atom. The van der Waals surface area contributed by atoms with E-state index in [1.165, 1.54) is 6.92 Å². The zero-order valence-electron chi connectivity index (χ0n) is 4.73. The highest BCUT2D eigenvalue weighted by Crippen LogP contribution is 1.75. The lowest BCUT2D eigenvalue weighted by atomic mass is 10.2. The summed E-state index contributed by atoms with van der Waals surface area (Å²) in [6, 6.07) is 0. The lowest BCUT2D eigenvalue weighted by Gasteiger charge is -2.03. The second-order valence-corrected chi connectivity index (χ2v) is 1.56. The van der Waals surface area contributed by atoms with Gasteiger partial charge in [0, 0.05) is 0 Å². The quantitative estimate of drug-likeness (QED) is 0.281. The van der Waals surface area contributed by atoms with E-state index >= 15 is 0 Å². The molecule has 4 heteroatoms. The van der Waals surface area contributed by atoms with Crippen molar-refractivity contribution in [3.8, 4) is 0 Å². The molecule has 0 radical (unpaired) electrons. The first-order chi connectivity index (χ1) is 3.55. The van der Waals surface area contributed by atoms with Crippen LogP contribution in [-0.2, 0) is 0 Å². The monoisotopic (exact) mass is 114 g/mol. The van der Waals surface area contributed by atoms with Crippen LogP contribution < -0.4 is 11.5 Å². The molecule has 0 aromatic carbocycles. The normalized spacial score (nSPS) is 9.50. The van der Waals surface area contributed by atoms with Crippen molar-refractivity contribution in [2.24, 2.45) is 11.5 Å². The third kappa shape index (κ3) is 1.81. The van der Waals surface area contributed by atoms with Gasteiger partial charge in [-0.1, -0.05) is 0 Å². The second kappa shape index (κ2) is 2.54. The van der Waals surface area contributed by atoms with Gasteiger partial charge in [0.1, 0.15) is 0 Å². The first-order valence-corrected chi connectivity index (χ1v) is 2.21. The standard InChI is InChI=1S/C4H10N4/c1-2(5)3(6)4(7)8/h4-6H,7-8H2,1H3. The maximum atomic E-state index is 6.92. The summed E-state index contributed by atoms with van der Waals surface area (Å²) < 4.78 is 0. The van der Waals surface area contributed by atoms with E-state index in [4.69, 9.17) is 22.3 Å². The molecule has 0 aliphatic carbocycles. The molecule has 0 amide bonds. The molecule has 0 unspecified atom stereocenters. The van der Waals surface area contributed by atoms with E-state index in [1.54, 1.807) is 0 Å². The first-order valence-electron chi connectivity index (χ1n) is 2.21. The molecule has 0 saturated carbocycles. The second-order valence-electron chi connectivity index (χ2n) is 1.56. The molecule has 46 valence electrons. The fourth-order valence-electron chi connectivity index (χ4n) is 0.250. The van der Waals surface area contributed by atoms with Crippen molar-refractivity contribution in [2.75, 3.05) is 0 Å². The lowest BCUT2D eigenvalue weighted by molar-refractivity contribution is 0.922. The molecule has 0 fully saturated rings. The Morgan fingerprint density at radius 2 is 1.75 bits per heavy atom. The molecule has 0 aromatic rings. The van der Waals surface area contributed by atoms with Gasteiger partial charge < -0.3 is 22.3 Å². The fourth-order valence-corrected chi connectivity index (χ4v) is 0.250. The molecule has 0 rings (SSSR count). The van der Waals surface area contributed by atoms with Crippen molar-refractivity contribution < 1.29 is 0 Å². The number of nitrogens with two attached hydrogens (primary N) is 2. The minimum absolute atomic E-state index is 0.00926. The van der Waals surface area contributed by atoms with Gasteiger partial charge >= 0.3 is 0 Å². The molecule has 0 atom stereocenters. The molecule has 6 N–H and O–H groups in total. The van der Waals surface area contributed by atoms with Crippen LogP contribution in [0.1, 0.15) is 6.92 Å². The molecular weight excluding hydrogens is 104 g/mol. The van der Waals surface area contributed by atoms with Crippen LogP contribution in [-0.4, -0.2) is 17.6 Å². The molecule has 0 saturated heterocycles. The Hall–Kier alpha value is -0.740. The van der Waals surface area contributed by atoms with Crippen LogP contribution in [0.4, 0.5) is 0 Å². The predicted molar refractivity (Wildman–Crippen MR) is 33.3 cm³/mol. The zero-order chi connectivity index (χ0) is 6.73. The van der Waals surface area contributed by atoms with Crippen LogP contribution in [0.3, 0.4) is 0 Å². The van der Waals surface area contributed by atoms with Gasteiger partial charge in [-0.15, -0.1) is 0 Å². The maximum Gasteiger partial charge on any atom is 0.0971 e. The van der Waals surface area contributed by atoms with Gasteiger partial charge in [-0.2, -0.15) is 0 Å². The third-order valence-corrected chi connectivity index (χ3v) is 0.737. The summed E-state index contributed by atoms with van der Waals surface area (Å²) in [5.41, 5.74) is 10.2. The van der Waals surface area contributed by atoms with E-state index in [9.17, 15) is 0 Å². The zero-order valence-corrected chi connectivity index (χ0v) is 4.73. The summed E-state index contributed by atoms with van der Waals surface area (Å²) in [4.78, 5) is 0. The number of nitrogens with one attached hydrogen (secondary N) is 2. The van der Waals surface area contributed by atoms with Crippen molar-refractivity contribution in [1.82, 2.24) is 0 Å². The van der Waals surface area contributed by atoms with Crippen molar-refractivity contribution in [3.05, 3.63) is 0 Å². The van der Waals surface area contributed by atoms with Crippen LogP contribution in [0.15, 0.2) is 0 Å². The average Bonchev–Trinajstić information content (AvgIpc) is 1.64. The Balaban J connectivity index is 3.84. The van der Waals surface area contributed by atoms with Gasteiger partial charge in [0.15, 0.2) is 0 Å². The van der Waals surface area contributed by atoms with Gasteiger partial charge in [0.2, 0.25) is 0 Å². The summed E-state index contributed by atoms with van der Waals surface area (Å²) in [5, 5.41) is 13.8. The topological polar surface area (TPSA) is 99.7 Å². The van der Waals surface area contributed by atoms with E-state index in [0.717, 1.165) is 0 Å². The highest BCUT2D eigenvalue weighted by molar-refractivity contribution is 6.40. The van der Waals surface area contributed by atoms with E-state index < -0.39 is 6.17 Å². The molecule has 8 heavy (non-hydrogen) atoms. The molecule has 0 spiro atoms. The Bertz CT molecular complexity index is 115. The van der Waals surface area contributed by atoms with Crippen molar-refractivity contribution >= 4 is 11.4 Å². The summed E-state index contributed by atoms with van der Waals surface area (Å²) in [6.07, 6.45) is -0.799. The minimum Gasteiger partial charge on any atom is -0.311 e. The van der Waals surface area contributed by atoms with Crippen molar-refractivity contribution in [1.29, 1.82) is 10.8 Å². The highest BCUT2D eigenvalue weighted by Gasteiger charge is 2.03. The average molecular weight is 114 g/mol. The van der Waals surface area contributed by atoms with Gasteiger partial charge in [-0.25, -0.2) is 0 Å². The molecule has 0 heterocycles. The summed E-state index contributed by atoms with van der Waals surface area (Å²) >= 11 is 0. The molecule has 0 bridgehead atoms. The Labute approximate surface area is 47.9 Å². The molecule has 0 aliphatic rings. The minimum atomic E-state index is -0.799. The lowest BCUT2D eigenvalue weighted by Crippen LogP contribution is -2.41. The van der Waals surface area contributed by atoms with Crippen LogP contribution in [0, 0.1) is 10.8 Å². The predicted octanol–water partition coefficient (Wildman–Crippen LogP) is -0.711. The van der Waals surface area contributed by atoms with E-state index in [1.807, 2.05) is 0 Å².